The van der Waals surface area contributed by atoms with Crippen molar-refractivity contribution >= 4 is 11.8 Å². The molecule has 0 bridgehead atoms. The van der Waals surface area contributed by atoms with Gasteiger partial charge >= 0.3 is 0 Å². The second kappa shape index (κ2) is 6.83. The molecule has 1 atom stereocenters. The molecule has 0 aromatic heterocycles. The minimum Gasteiger partial charge on any atom is -0.495 e. The first kappa shape index (κ1) is 14.2. The Balaban J connectivity index is 2.05. The molecule has 1 fully saturated rings. The molecule has 1 aromatic carbocycles. The van der Waals surface area contributed by atoms with Crippen LogP contribution in [0.1, 0.15) is 24.5 Å². The number of nitriles is 1. The minimum atomic E-state index is 0.624. The predicted molar refractivity (Wildman–Crippen MR) is 79.5 cm³/mol. The molecule has 2 rings (SSSR count). The maximum Gasteiger partial charge on any atom is 0.136 e. The highest BCUT2D eigenvalue weighted by Crippen LogP contribution is 2.24. The summed E-state index contributed by atoms with van der Waals surface area (Å²) in [5, 5.41) is 9.87. The van der Waals surface area contributed by atoms with Crippen molar-refractivity contribution in [1.82, 2.24) is 4.90 Å². The molecule has 1 aliphatic rings. The normalized spacial score (nSPS) is 19.9. The largest absolute Gasteiger partial charge is 0.495 e. The molecule has 1 unspecified atom stereocenters. The van der Waals surface area contributed by atoms with Gasteiger partial charge in [-0.2, -0.15) is 17.0 Å². The van der Waals surface area contributed by atoms with Gasteiger partial charge in [-0.25, -0.2) is 0 Å². The Morgan fingerprint density at radius 2 is 2.37 bits per heavy atom. The second-order valence-electron chi connectivity index (χ2n) is 4.78. The zero-order valence-electron chi connectivity index (χ0n) is 11.6. The maximum atomic E-state index is 9.11. The average molecular weight is 276 g/mol. The standard InChI is InChI=1S/C15H20N2OS/c1-3-14-11-17(6-7-19-14)10-12-4-5-15(18-2)13(8-12)9-16/h4-5,8,14H,3,6-7,10-11H2,1-2H3. The van der Waals surface area contributed by atoms with Gasteiger partial charge in [-0.3, -0.25) is 4.90 Å². The second-order valence-corrected chi connectivity index (χ2v) is 6.19. The van der Waals surface area contributed by atoms with E-state index in [9.17, 15) is 0 Å². The van der Waals surface area contributed by atoms with E-state index in [1.54, 1.807) is 7.11 Å². The fourth-order valence-corrected chi connectivity index (χ4v) is 3.62. The molecule has 0 aliphatic carbocycles. The van der Waals surface area contributed by atoms with Gasteiger partial charge in [0.05, 0.1) is 12.7 Å². The van der Waals surface area contributed by atoms with E-state index in [4.69, 9.17) is 10.00 Å². The van der Waals surface area contributed by atoms with Gasteiger partial charge in [0, 0.05) is 30.6 Å². The van der Waals surface area contributed by atoms with E-state index in [1.165, 1.54) is 17.7 Å². The summed E-state index contributed by atoms with van der Waals surface area (Å²) in [6.07, 6.45) is 1.23. The summed E-state index contributed by atoms with van der Waals surface area (Å²) < 4.78 is 5.18. The van der Waals surface area contributed by atoms with Gasteiger partial charge < -0.3 is 4.74 Å². The quantitative estimate of drug-likeness (QED) is 0.847. The lowest BCUT2D eigenvalue weighted by Gasteiger charge is -2.31. The lowest BCUT2D eigenvalue weighted by atomic mass is 10.1. The first-order valence-electron chi connectivity index (χ1n) is 6.67. The highest BCUT2D eigenvalue weighted by molar-refractivity contribution is 8.00. The van der Waals surface area contributed by atoms with Crippen molar-refractivity contribution in [2.45, 2.75) is 25.1 Å². The molecule has 0 radical (unpaired) electrons. The fraction of sp³-hybridized carbons (Fsp3) is 0.533. The topological polar surface area (TPSA) is 36.3 Å². The SMILES string of the molecule is CCC1CN(Cc2ccc(OC)c(C#N)c2)CCS1. The smallest absolute Gasteiger partial charge is 0.136 e. The predicted octanol–water partition coefficient (Wildman–Crippen LogP) is 2.89. The van der Waals surface area contributed by atoms with Gasteiger partial charge in [-0.1, -0.05) is 13.0 Å². The van der Waals surface area contributed by atoms with Crippen LogP contribution in [0.15, 0.2) is 18.2 Å². The number of hydrogen-bond donors (Lipinski definition) is 0. The van der Waals surface area contributed by atoms with Crippen LogP contribution in [0, 0.1) is 11.3 Å². The third-order valence-electron chi connectivity index (χ3n) is 3.47. The summed E-state index contributed by atoms with van der Waals surface area (Å²) in [6.45, 7) is 5.46. The Bertz CT molecular complexity index is 470. The Kier molecular flexibility index (Phi) is 5.12. The van der Waals surface area contributed by atoms with E-state index < -0.39 is 0 Å². The highest BCUT2D eigenvalue weighted by atomic mass is 32.2. The molecule has 1 heterocycles. The Morgan fingerprint density at radius 3 is 3.05 bits per heavy atom. The lowest BCUT2D eigenvalue weighted by molar-refractivity contribution is 0.273. The van der Waals surface area contributed by atoms with E-state index in [2.05, 4.69) is 35.7 Å². The third kappa shape index (κ3) is 3.65. The zero-order chi connectivity index (χ0) is 13.7. The van der Waals surface area contributed by atoms with E-state index in [1.807, 2.05) is 12.1 Å². The molecule has 19 heavy (non-hydrogen) atoms. The van der Waals surface area contributed by atoms with Gasteiger partial charge in [0.2, 0.25) is 0 Å². The maximum absolute atomic E-state index is 9.11. The molecule has 1 aromatic rings. The number of rotatable bonds is 4. The third-order valence-corrected chi connectivity index (χ3v) is 4.84. The number of thioether (sulfide) groups is 1. The van der Waals surface area contributed by atoms with Crippen molar-refractivity contribution in [1.29, 1.82) is 5.26 Å². The molecule has 0 N–H and O–H groups in total. The van der Waals surface area contributed by atoms with Crippen molar-refractivity contribution in [3.05, 3.63) is 29.3 Å². The molecule has 0 saturated carbocycles. The van der Waals surface area contributed by atoms with Crippen molar-refractivity contribution in [2.75, 3.05) is 26.0 Å². The minimum absolute atomic E-state index is 0.624. The van der Waals surface area contributed by atoms with Crippen LogP contribution < -0.4 is 4.74 Å². The molecule has 102 valence electrons. The number of methoxy groups -OCH3 is 1. The highest BCUT2D eigenvalue weighted by Gasteiger charge is 2.19. The first-order valence-corrected chi connectivity index (χ1v) is 7.72. The Hall–Kier alpha value is -1.18. The lowest BCUT2D eigenvalue weighted by Crippen LogP contribution is -2.37. The van der Waals surface area contributed by atoms with Gasteiger partial charge in [-0.05, 0) is 24.1 Å². The van der Waals surface area contributed by atoms with Crippen LogP contribution in [0.2, 0.25) is 0 Å². The fourth-order valence-electron chi connectivity index (χ4n) is 2.37. The van der Waals surface area contributed by atoms with Crippen LogP contribution in [-0.4, -0.2) is 36.1 Å². The van der Waals surface area contributed by atoms with Crippen LogP contribution >= 0.6 is 11.8 Å². The molecular formula is C15H20N2OS. The summed E-state index contributed by atoms with van der Waals surface area (Å²) in [7, 11) is 1.60. The van der Waals surface area contributed by atoms with Crippen LogP contribution in [0.25, 0.3) is 0 Å². The van der Waals surface area contributed by atoms with Gasteiger partial charge in [0.15, 0.2) is 0 Å². The van der Waals surface area contributed by atoms with Crippen molar-refractivity contribution < 1.29 is 4.74 Å². The average Bonchev–Trinajstić information content (AvgIpc) is 2.47. The van der Waals surface area contributed by atoms with E-state index in [0.717, 1.165) is 24.9 Å². The monoisotopic (exact) mass is 276 g/mol. The van der Waals surface area contributed by atoms with Gasteiger partial charge in [0.1, 0.15) is 11.8 Å². The van der Waals surface area contributed by atoms with Gasteiger partial charge in [-0.15, -0.1) is 0 Å². The molecule has 3 nitrogen and oxygen atoms in total. The summed E-state index contributed by atoms with van der Waals surface area (Å²) in [4.78, 5) is 2.48. The van der Waals surface area contributed by atoms with Crippen molar-refractivity contribution in [3.8, 4) is 11.8 Å². The number of ether oxygens (including phenoxy) is 1. The van der Waals surface area contributed by atoms with Crippen molar-refractivity contribution in [2.24, 2.45) is 0 Å². The summed E-state index contributed by atoms with van der Waals surface area (Å²) in [5.41, 5.74) is 1.82. The van der Waals surface area contributed by atoms with E-state index >= 15 is 0 Å². The van der Waals surface area contributed by atoms with Crippen LogP contribution in [0.4, 0.5) is 0 Å². The van der Waals surface area contributed by atoms with Crippen molar-refractivity contribution in [3.63, 3.8) is 0 Å². The van der Waals surface area contributed by atoms with Crippen LogP contribution in [0.3, 0.4) is 0 Å². The summed E-state index contributed by atoms with van der Waals surface area (Å²) >= 11 is 2.08. The molecule has 4 heteroatoms. The van der Waals surface area contributed by atoms with Crippen LogP contribution in [0.5, 0.6) is 5.75 Å². The van der Waals surface area contributed by atoms with E-state index in [0.29, 0.717) is 11.3 Å². The molecule has 0 spiro atoms. The number of benzene rings is 1. The molecular weight excluding hydrogens is 256 g/mol. The molecule has 0 amide bonds. The summed E-state index contributed by atoms with van der Waals surface area (Å²) in [5.74, 6) is 1.87. The van der Waals surface area contributed by atoms with Crippen LogP contribution in [-0.2, 0) is 6.54 Å². The Morgan fingerprint density at radius 1 is 1.53 bits per heavy atom. The Labute approximate surface area is 119 Å². The van der Waals surface area contributed by atoms with E-state index in [-0.39, 0.29) is 0 Å². The summed E-state index contributed by atoms with van der Waals surface area (Å²) in [6, 6.07) is 8.09. The number of nitrogens with zero attached hydrogens (tertiary/aromatic N) is 2. The molecule has 1 aliphatic heterocycles. The zero-order valence-corrected chi connectivity index (χ0v) is 12.4. The number of hydrogen-bond acceptors (Lipinski definition) is 4. The molecule has 1 saturated heterocycles. The van der Waals surface area contributed by atoms with Gasteiger partial charge in [0.25, 0.3) is 0 Å². The first-order chi connectivity index (χ1) is 9.26.